The summed E-state index contributed by atoms with van der Waals surface area (Å²) in [4.78, 5) is 19.1. The van der Waals surface area contributed by atoms with Crippen LogP contribution in [0.3, 0.4) is 0 Å². The molecule has 1 aliphatic heterocycles. The fourth-order valence-corrected chi connectivity index (χ4v) is 8.53. The summed E-state index contributed by atoms with van der Waals surface area (Å²) in [5.74, 6) is 2.03. The topological polar surface area (TPSA) is 75.7 Å². The van der Waals surface area contributed by atoms with E-state index in [0.717, 1.165) is 29.1 Å². The fraction of sp³-hybridized carbons (Fsp3) is 0.609. The van der Waals surface area contributed by atoms with Crippen molar-refractivity contribution in [2.75, 3.05) is 5.75 Å². The van der Waals surface area contributed by atoms with E-state index >= 15 is 0 Å². The summed E-state index contributed by atoms with van der Waals surface area (Å²) < 4.78 is 27.5. The van der Waals surface area contributed by atoms with Crippen LogP contribution in [0.5, 0.6) is 0 Å². The van der Waals surface area contributed by atoms with Crippen LogP contribution >= 0.6 is 0 Å². The number of nitrogens with one attached hydrogen (secondary N) is 1. The zero-order valence-corrected chi connectivity index (χ0v) is 18.6. The molecular formula is C23H30N2O4S. The largest absolute Gasteiger partial charge is 0.296 e. The Morgan fingerprint density at radius 2 is 2.07 bits per heavy atom. The standard InChI is InChI=1S/C23H30N2O4S/c1-5-16(2)20(24-29-14-17-9-7-6-8-10-17)21(26)25-19-13-18-11-12-23(19,22(18,3)4)15-30(25,27)28/h1,6-10,16,18-20,24H,11-15H2,2-4H3/t16-,18?,19?,20-,23+/m0/s1. The summed E-state index contributed by atoms with van der Waals surface area (Å²) in [5.41, 5.74) is 3.26. The Bertz CT molecular complexity index is 969. The van der Waals surface area contributed by atoms with Crippen molar-refractivity contribution in [2.24, 2.45) is 22.7 Å². The number of benzene rings is 1. The van der Waals surface area contributed by atoms with Gasteiger partial charge >= 0.3 is 0 Å². The molecule has 6 nitrogen and oxygen atoms in total. The van der Waals surface area contributed by atoms with Crippen molar-refractivity contribution in [3.8, 4) is 12.3 Å². The second-order valence-electron chi connectivity index (χ2n) is 9.58. The number of terminal acetylenes is 1. The van der Waals surface area contributed by atoms with Crippen LogP contribution in [0.4, 0.5) is 0 Å². The number of carbonyl (C=O) groups excluding carboxylic acids is 1. The first-order chi connectivity index (χ1) is 14.1. The molecule has 162 valence electrons. The van der Waals surface area contributed by atoms with Crippen LogP contribution in [0.15, 0.2) is 30.3 Å². The van der Waals surface area contributed by atoms with E-state index < -0.39 is 27.9 Å². The van der Waals surface area contributed by atoms with Crippen molar-refractivity contribution in [3.05, 3.63) is 35.9 Å². The molecule has 3 aliphatic rings. The summed E-state index contributed by atoms with van der Waals surface area (Å²) in [6.07, 6.45) is 8.22. The lowest BCUT2D eigenvalue weighted by atomic mass is 9.69. The number of hydroxylamine groups is 1. The van der Waals surface area contributed by atoms with Gasteiger partial charge in [0.05, 0.1) is 18.4 Å². The number of amides is 1. The van der Waals surface area contributed by atoms with Gasteiger partial charge in [-0.2, -0.15) is 5.48 Å². The van der Waals surface area contributed by atoms with Crippen molar-refractivity contribution >= 4 is 15.9 Å². The molecule has 0 radical (unpaired) electrons. The smallest absolute Gasteiger partial charge is 0.257 e. The highest BCUT2D eigenvalue weighted by Crippen LogP contribution is 2.70. The van der Waals surface area contributed by atoms with Gasteiger partial charge in [-0.3, -0.25) is 9.63 Å². The highest BCUT2D eigenvalue weighted by Gasteiger charge is 2.72. The van der Waals surface area contributed by atoms with E-state index in [4.69, 9.17) is 11.3 Å². The molecule has 1 saturated heterocycles. The minimum Gasteiger partial charge on any atom is -0.296 e. The first-order valence-corrected chi connectivity index (χ1v) is 12.2. The molecule has 3 fully saturated rings. The number of hydrogen-bond donors (Lipinski definition) is 1. The Morgan fingerprint density at radius 1 is 1.37 bits per heavy atom. The molecule has 1 N–H and O–H groups in total. The van der Waals surface area contributed by atoms with Gasteiger partial charge in [0.1, 0.15) is 6.04 Å². The molecule has 1 amide bonds. The summed E-state index contributed by atoms with van der Waals surface area (Å²) in [7, 11) is -3.70. The third-order valence-corrected chi connectivity index (χ3v) is 9.86. The number of nitrogens with zero attached hydrogens (tertiary/aromatic N) is 1. The summed E-state index contributed by atoms with van der Waals surface area (Å²) in [5, 5.41) is 0. The first kappa shape index (κ1) is 21.4. The van der Waals surface area contributed by atoms with Gasteiger partial charge in [-0.15, -0.1) is 12.3 Å². The molecule has 7 heteroatoms. The minimum absolute atomic E-state index is 0.0436. The first-order valence-electron chi connectivity index (χ1n) is 10.6. The summed E-state index contributed by atoms with van der Waals surface area (Å²) in [6.45, 7) is 6.30. The van der Waals surface area contributed by atoms with E-state index in [0.29, 0.717) is 5.92 Å². The molecule has 5 atom stereocenters. The molecule has 2 unspecified atom stereocenters. The third-order valence-electron chi connectivity index (χ3n) is 7.95. The lowest BCUT2D eigenvalue weighted by Gasteiger charge is -2.37. The Labute approximate surface area is 179 Å². The normalized spacial score (nSPS) is 32.4. The van der Waals surface area contributed by atoms with E-state index in [1.54, 1.807) is 6.92 Å². The van der Waals surface area contributed by atoms with Gasteiger partial charge in [-0.05, 0) is 43.1 Å². The van der Waals surface area contributed by atoms with Gasteiger partial charge in [0.25, 0.3) is 5.91 Å². The predicted octanol–water partition coefficient (Wildman–Crippen LogP) is 2.71. The van der Waals surface area contributed by atoms with Crippen molar-refractivity contribution < 1.29 is 18.0 Å². The molecule has 1 heterocycles. The lowest BCUT2D eigenvalue weighted by Crippen LogP contribution is -2.53. The van der Waals surface area contributed by atoms with Crippen molar-refractivity contribution in [1.29, 1.82) is 0 Å². The van der Waals surface area contributed by atoms with Crippen LogP contribution in [0.1, 0.15) is 45.6 Å². The molecular weight excluding hydrogens is 400 g/mol. The van der Waals surface area contributed by atoms with E-state index in [-0.39, 0.29) is 29.2 Å². The second kappa shape index (κ2) is 7.37. The fourth-order valence-electron chi connectivity index (χ4n) is 5.97. The van der Waals surface area contributed by atoms with Crippen LogP contribution in [0.25, 0.3) is 0 Å². The van der Waals surface area contributed by atoms with E-state index in [1.165, 1.54) is 0 Å². The van der Waals surface area contributed by atoms with Crippen molar-refractivity contribution in [2.45, 2.75) is 58.7 Å². The van der Waals surface area contributed by atoms with Crippen LogP contribution in [-0.2, 0) is 26.3 Å². The van der Waals surface area contributed by atoms with E-state index in [1.807, 2.05) is 30.3 Å². The van der Waals surface area contributed by atoms with Crippen molar-refractivity contribution in [3.63, 3.8) is 0 Å². The number of carbonyl (C=O) groups is 1. The molecule has 2 saturated carbocycles. The zero-order valence-electron chi connectivity index (χ0n) is 17.8. The van der Waals surface area contributed by atoms with Gasteiger partial charge in [0.15, 0.2) is 0 Å². The Kier molecular flexibility index (Phi) is 5.24. The van der Waals surface area contributed by atoms with Crippen LogP contribution in [0.2, 0.25) is 0 Å². The number of hydrogen-bond acceptors (Lipinski definition) is 5. The minimum atomic E-state index is -3.70. The maximum atomic E-state index is 13.5. The van der Waals surface area contributed by atoms with Crippen molar-refractivity contribution in [1.82, 2.24) is 9.79 Å². The molecule has 1 spiro atoms. The highest BCUT2D eigenvalue weighted by atomic mass is 32.2. The Hall–Kier alpha value is -1.88. The molecule has 4 rings (SSSR count). The van der Waals surface area contributed by atoms with Gasteiger partial charge < -0.3 is 0 Å². The maximum absolute atomic E-state index is 13.5. The molecule has 2 aliphatic carbocycles. The number of rotatable bonds is 6. The van der Waals surface area contributed by atoms with E-state index in [2.05, 4.69) is 25.2 Å². The summed E-state index contributed by atoms with van der Waals surface area (Å²) in [6, 6.07) is 8.33. The third kappa shape index (κ3) is 3.08. The molecule has 1 aromatic carbocycles. The number of sulfonamides is 1. The van der Waals surface area contributed by atoms with Gasteiger partial charge in [-0.25, -0.2) is 12.7 Å². The van der Waals surface area contributed by atoms with E-state index in [9.17, 15) is 13.2 Å². The SMILES string of the molecule is C#C[C@H](C)[C@H](NOCc1ccccc1)C(=O)N1C2CC3CC[C@]2(CS1(=O)=O)C3(C)C. The van der Waals surface area contributed by atoms with Crippen LogP contribution in [-0.4, -0.2) is 36.5 Å². The van der Waals surface area contributed by atoms with Gasteiger partial charge in [-0.1, -0.05) is 44.2 Å². The molecule has 30 heavy (non-hydrogen) atoms. The average molecular weight is 431 g/mol. The molecule has 1 aromatic rings. The Morgan fingerprint density at radius 3 is 2.70 bits per heavy atom. The highest BCUT2D eigenvalue weighted by molar-refractivity contribution is 7.90. The predicted molar refractivity (Wildman–Crippen MR) is 114 cm³/mol. The van der Waals surface area contributed by atoms with Gasteiger partial charge in [0, 0.05) is 11.3 Å². The Balaban J connectivity index is 1.56. The quantitative estimate of drug-likeness (QED) is 0.555. The monoisotopic (exact) mass is 430 g/mol. The van der Waals surface area contributed by atoms with Crippen LogP contribution < -0.4 is 5.48 Å². The molecule has 2 bridgehead atoms. The zero-order chi connectivity index (χ0) is 21.7. The van der Waals surface area contributed by atoms with Crippen LogP contribution in [0, 0.1) is 35.0 Å². The average Bonchev–Trinajstić information content (AvgIpc) is 3.19. The lowest BCUT2D eigenvalue weighted by molar-refractivity contribution is -0.137. The van der Waals surface area contributed by atoms with Gasteiger partial charge in [0.2, 0.25) is 10.0 Å². The maximum Gasteiger partial charge on any atom is 0.257 e. The molecule has 0 aromatic heterocycles. The second-order valence-corrected chi connectivity index (χ2v) is 11.4. The summed E-state index contributed by atoms with van der Waals surface area (Å²) >= 11 is 0. The number of fused-ring (bicyclic) bond motifs is 1.